The lowest BCUT2D eigenvalue weighted by Crippen LogP contribution is -2.24. The highest BCUT2D eigenvalue weighted by atomic mass is 32.1. The van der Waals surface area contributed by atoms with E-state index >= 15 is 0 Å². The van der Waals surface area contributed by atoms with Crippen molar-refractivity contribution in [2.45, 2.75) is 39.2 Å². The normalized spacial score (nSPS) is 11.2. The standard InChI is InChI=1S/C7H14OS2/c1-4-5-7(2,3)8-6(9)10/h4-5H2,1-3H3,(H,9,10). The van der Waals surface area contributed by atoms with Gasteiger partial charge in [-0.2, -0.15) is 0 Å². The van der Waals surface area contributed by atoms with Crippen LogP contribution in [0.1, 0.15) is 33.6 Å². The van der Waals surface area contributed by atoms with Crippen molar-refractivity contribution in [3.05, 3.63) is 0 Å². The molecule has 0 amide bonds. The Morgan fingerprint density at radius 2 is 2.10 bits per heavy atom. The fourth-order valence-corrected chi connectivity index (χ4v) is 1.36. The molecular weight excluding hydrogens is 164 g/mol. The van der Waals surface area contributed by atoms with Crippen molar-refractivity contribution < 1.29 is 4.74 Å². The van der Waals surface area contributed by atoms with Crippen molar-refractivity contribution >= 4 is 29.2 Å². The molecule has 0 saturated carbocycles. The van der Waals surface area contributed by atoms with Crippen LogP contribution in [0.25, 0.3) is 0 Å². The van der Waals surface area contributed by atoms with Gasteiger partial charge in [0.1, 0.15) is 5.60 Å². The lowest BCUT2D eigenvalue weighted by Gasteiger charge is -2.24. The summed E-state index contributed by atoms with van der Waals surface area (Å²) in [5.41, 5.74) is -0.145. The Morgan fingerprint density at radius 1 is 1.60 bits per heavy atom. The molecular formula is C7H14OS2. The van der Waals surface area contributed by atoms with Gasteiger partial charge in [-0.25, -0.2) is 0 Å². The quantitative estimate of drug-likeness (QED) is 0.525. The van der Waals surface area contributed by atoms with Crippen molar-refractivity contribution in [3.63, 3.8) is 0 Å². The van der Waals surface area contributed by atoms with E-state index in [4.69, 9.17) is 17.0 Å². The first-order chi connectivity index (χ1) is 4.48. The van der Waals surface area contributed by atoms with Gasteiger partial charge in [0.2, 0.25) is 4.38 Å². The number of thiol groups is 1. The molecule has 0 aliphatic carbocycles. The van der Waals surface area contributed by atoms with Gasteiger partial charge in [0, 0.05) is 0 Å². The fourth-order valence-electron chi connectivity index (χ4n) is 0.889. The number of hydrogen-bond acceptors (Lipinski definition) is 2. The first-order valence-electron chi connectivity index (χ1n) is 3.40. The predicted octanol–water partition coefficient (Wildman–Crippen LogP) is 2.80. The number of ether oxygens (including phenoxy) is 1. The molecule has 0 fully saturated rings. The van der Waals surface area contributed by atoms with Gasteiger partial charge in [-0.1, -0.05) is 26.0 Å². The molecule has 0 heterocycles. The van der Waals surface area contributed by atoms with E-state index in [0.29, 0.717) is 4.38 Å². The number of rotatable bonds is 3. The summed E-state index contributed by atoms with van der Waals surface area (Å²) in [7, 11) is 0. The smallest absolute Gasteiger partial charge is 0.217 e. The van der Waals surface area contributed by atoms with Gasteiger partial charge in [-0.3, -0.25) is 0 Å². The molecule has 0 aromatic carbocycles. The van der Waals surface area contributed by atoms with E-state index in [1.807, 2.05) is 13.8 Å². The predicted molar refractivity (Wildman–Crippen MR) is 51.7 cm³/mol. The third-order valence-corrected chi connectivity index (χ3v) is 1.39. The summed E-state index contributed by atoms with van der Waals surface area (Å²) in [4.78, 5) is 0. The Bertz CT molecular complexity index is 121. The van der Waals surface area contributed by atoms with Crippen molar-refractivity contribution in [2.24, 2.45) is 0 Å². The Morgan fingerprint density at radius 3 is 2.40 bits per heavy atom. The van der Waals surface area contributed by atoms with Crippen LogP contribution in [0.3, 0.4) is 0 Å². The number of thiocarbonyl (C=S) groups is 1. The van der Waals surface area contributed by atoms with Gasteiger partial charge in [-0.05, 0) is 32.5 Å². The maximum Gasteiger partial charge on any atom is 0.217 e. The second-order valence-corrected chi connectivity index (χ2v) is 3.96. The molecule has 0 aromatic heterocycles. The summed E-state index contributed by atoms with van der Waals surface area (Å²) in [6.07, 6.45) is 2.11. The van der Waals surface area contributed by atoms with Gasteiger partial charge >= 0.3 is 0 Å². The molecule has 10 heavy (non-hydrogen) atoms. The minimum absolute atomic E-state index is 0.145. The van der Waals surface area contributed by atoms with Gasteiger partial charge in [0.25, 0.3) is 0 Å². The summed E-state index contributed by atoms with van der Waals surface area (Å²) < 4.78 is 5.61. The average molecular weight is 178 g/mol. The largest absolute Gasteiger partial charge is 0.473 e. The highest BCUT2D eigenvalue weighted by Crippen LogP contribution is 2.17. The highest BCUT2D eigenvalue weighted by Gasteiger charge is 2.17. The summed E-state index contributed by atoms with van der Waals surface area (Å²) in [5, 5.41) is 0. The van der Waals surface area contributed by atoms with E-state index in [2.05, 4.69) is 19.6 Å². The molecule has 3 heteroatoms. The lowest BCUT2D eigenvalue weighted by molar-refractivity contribution is 0.0949. The SMILES string of the molecule is CCCC(C)(C)OC(=S)S. The molecule has 0 bridgehead atoms. The molecule has 1 nitrogen and oxygen atoms in total. The monoisotopic (exact) mass is 178 g/mol. The summed E-state index contributed by atoms with van der Waals surface area (Å²) >= 11 is 8.59. The van der Waals surface area contributed by atoms with E-state index < -0.39 is 0 Å². The van der Waals surface area contributed by atoms with Gasteiger partial charge in [0.15, 0.2) is 0 Å². The zero-order chi connectivity index (χ0) is 8.20. The van der Waals surface area contributed by atoms with Crippen molar-refractivity contribution in [1.29, 1.82) is 0 Å². The van der Waals surface area contributed by atoms with E-state index in [9.17, 15) is 0 Å². The van der Waals surface area contributed by atoms with Crippen LogP contribution >= 0.6 is 24.8 Å². The highest BCUT2D eigenvalue weighted by molar-refractivity contribution is 8.10. The Labute approximate surface area is 73.6 Å². The molecule has 0 rings (SSSR count). The minimum atomic E-state index is -0.145. The van der Waals surface area contributed by atoms with Crippen LogP contribution in [-0.4, -0.2) is 9.98 Å². The zero-order valence-corrected chi connectivity index (χ0v) is 8.39. The van der Waals surface area contributed by atoms with Crippen LogP contribution in [0.4, 0.5) is 0 Å². The second-order valence-electron chi connectivity index (χ2n) is 2.88. The van der Waals surface area contributed by atoms with Crippen molar-refractivity contribution in [2.75, 3.05) is 0 Å². The molecule has 0 atom stereocenters. The Hall–Kier alpha value is 0.240. The van der Waals surface area contributed by atoms with E-state index in [1.165, 1.54) is 0 Å². The first-order valence-corrected chi connectivity index (χ1v) is 4.25. The molecule has 0 aliphatic heterocycles. The molecule has 0 aromatic rings. The summed E-state index contributed by atoms with van der Waals surface area (Å²) in [5.74, 6) is 0. The zero-order valence-electron chi connectivity index (χ0n) is 6.68. The van der Waals surface area contributed by atoms with Crippen LogP contribution in [0.2, 0.25) is 0 Å². The van der Waals surface area contributed by atoms with Gasteiger partial charge in [-0.15, -0.1) is 0 Å². The fraction of sp³-hybridized carbons (Fsp3) is 0.857. The van der Waals surface area contributed by atoms with E-state index in [1.54, 1.807) is 0 Å². The lowest BCUT2D eigenvalue weighted by atomic mass is 10.0. The minimum Gasteiger partial charge on any atom is -0.473 e. The third kappa shape index (κ3) is 5.06. The maximum absolute atomic E-state index is 5.27. The molecule has 60 valence electrons. The van der Waals surface area contributed by atoms with Gasteiger partial charge in [0.05, 0.1) is 0 Å². The van der Waals surface area contributed by atoms with Crippen LogP contribution in [0.15, 0.2) is 0 Å². The molecule has 0 radical (unpaired) electrons. The van der Waals surface area contributed by atoms with E-state index in [0.717, 1.165) is 12.8 Å². The van der Waals surface area contributed by atoms with Gasteiger partial charge < -0.3 is 4.74 Å². The topological polar surface area (TPSA) is 9.23 Å². The number of hydrogen-bond donors (Lipinski definition) is 1. The van der Waals surface area contributed by atoms with Crippen molar-refractivity contribution in [1.82, 2.24) is 0 Å². The van der Waals surface area contributed by atoms with Crippen LogP contribution in [0, 0.1) is 0 Å². The van der Waals surface area contributed by atoms with Crippen LogP contribution in [0.5, 0.6) is 0 Å². The van der Waals surface area contributed by atoms with Crippen LogP contribution < -0.4 is 0 Å². The van der Waals surface area contributed by atoms with Crippen LogP contribution in [-0.2, 0) is 4.74 Å². The molecule has 0 aliphatic rings. The average Bonchev–Trinajstić information content (AvgIpc) is 1.59. The molecule has 0 N–H and O–H groups in total. The summed E-state index contributed by atoms with van der Waals surface area (Å²) in [6, 6.07) is 0. The Balaban J connectivity index is 3.74. The second kappa shape index (κ2) is 4.19. The van der Waals surface area contributed by atoms with Crippen molar-refractivity contribution in [3.8, 4) is 0 Å². The molecule has 0 saturated heterocycles. The van der Waals surface area contributed by atoms with E-state index in [-0.39, 0.29) is 5.60 Å². The Kier molecular flexibility index (Phi) is 4.29. The third-order valence-electron chi connectivity index (χ3n) is 1.22. The summed E-state index contributed by atoms with van der Waals surface area (Å²) in [6.45, 7) is 6.14. The molecule has 0 spiro atoms. The first kappa shape index (κ1) is 10.2. The maximum atomic E-state index is 5.27. The molecule has 0 unspecified atom stereocenters.